The monoisotopic (exact) mass is 243 g/mol. The number of nitriles is 1. The minimum absolute atomic E-state index is 0.188. The third-order valence-corrected chi connectivity index (χ3v) is 3.65. The predicted octanol–water partition coefficient (Wildman–Crippen LogP) is 2.36. The lowest BCUT2D eigenvalue weighted by atomic mass is 10.1. The summed E-state index contributed by atoms with van der Waals surface area (Å²) in [7, 11) is 0. The van der Waals surface area contributed by atoms with E-state index in [1.165, 1.54) is 5.69 Å². The molecular formula is C15H21N3. The van der Waals surface area contributed by atoms with Crippen LogP contribution < -0.4 is 4.90 Å². The first-order valence-electron chi connectivity index (χ1n) is 6.75. The van der Waals surface area contributed by atoms with E-state index in [1.54, 1.807) is 0 Å². The Morgan fingerprint density at radius 2 is 1.83 bits per heavy atom. The molecule has 3 heteroatoms. The minimum Gasteiger partial charge on any atom is -0.369 e. The van der Waals surface area contributed by atoms with Crippen LogP contribution in [0.25, 0.3) is 0 Å². The molecule has 1 aliphatic rings. The van der Waals surface area contributed by atoms with Crippen molar-refractivity contribution in [2.24, 2.45) is 5.92 Å². The standard InChI is InChI=1S/C15H21N3/c1-2-14(12-16)13-17-8-10-18(11-9-17)15-6-4-3-5-7-15/h3-7,14H,2,8-11,13H2,1H3. The van der Waals surface area contributed by atoms with Crippen LogP contribution in [0, 0.1) is 17.2 Å². The van der Waals surface area contributed by atoms with E-state index in [9.17, 15) is 0 Å². The maximum absolute atomic E-state index is 9.00. The number of anilines is 1. The first kappa shape index (κ1) is 12.9. The summed E-state index contributed by atoms with van der Waals surface area (Å²) in [5, 5.41) is 9.00. The fourth-order valence-corrected chi connectivity index (χ4v) is 2.40. The summed E-state index contributed by atoms with van der Waals surface area (Å²) in [5.41, 5.74) is 1.31. The second-order valence-electron chi connectivity index (χ2n) is 4.86. The van der Waals surface area contributed by atoms with Gasteiger partial charge in [-0.1, -0.05) is 25.1 Å². The number of para-hydroxylation sites is 1. The van der Waals surface area contributed by atoms with E-state index < -0.39 is 0 Å². The molecule has 1 unspecified atom stereocenters. The smallest absolute Gasteiger partial charge is 0.0669 e. The molecule has 0 aliphatic carbocycles. The summed E-state index contributed by atoms with van der Waals surface area (Å²) in [5.74, 6) is 0.188. The van der Waals surface area contributed by atoms with Crippen LogP contribution in [0.15, 0.2) is 30.3 Å². The minimum atomic E-state index is 0.188. The quantitative estimate of drug-likeness (QED) is 0.813. The van der Waals surface area contributed by atoms with Gasteiger partial charge in [0.15, 0.2) is 0 Å². The van der Waals surface area contributed by atoms with E-state index in [4.69, 9.17) is 5.26 Å². The number of hydrogen-bond acceptors (Lipinski definition) is 3. The van der Waals surface area contributed by atoms with Gasteiger partial charge in [-0.05, 0) is 18.6 Å². The Hall–Kier alpha value is -1.53. The number of benzene rings is 1. The number of hydrogen-bond donors (Lipinski definition) is 0. The zero-order valence-corrected chi connectivity index (χ0v) is 11.0. The Balaban J connectivity index is 1.83. The van der Waals surface area contributed by atoms with Gasteiger partial charge in [-0.25, -0.2) is 0 Å². The lowest BCUT2D eigenvalue weighted by molar-refractivity contribution is 0.234. The number of rotatable bonds is 4. The van der Waals surface area contributed by atoms with E-state index in [2.05, 4.69) is 53.1 Å². The van der Waals surface area contributed by atoms with E-state index in [1.807, 2.05) is 0 Å². The van der Waals surface area contributed by atoms with Crippen molar-refractivity contribution < 1.29 is 0 Å². The van der Waals surface area contributed by atoms with Crippen LogP contribution in [0.5, 0.6) is 0 Å². The molecule has 1 heterocycles. The Morgan fingerprint density at radius 1 is 1.17 bits per heavy atom. The van der Waals surface area contributed by atoms with Crippen molar-refractivity contribution in [3.63, 3.8) is 0 Å². The lowest BCUT2D eigenvalue weighted by Crippen LogP contribution is -2.47. The number of nitrogens with zero attached hydrogens (tertiary/aromatic N) is 3. The number of piperazine rings is 1. The maximum atomic E-state index is 9.00. The van der Waals surface area contributed by atoms with Gasteiger partial charge in [0.2, 0.25) is 0 Å². The summed E-state index contributed by atoms with van der Waals surface area (Å²) in [6.07, 6.45) is 0.954. The molecule has 1 fully saturated rings. The Kier molecular flexibility index (Phi) is 4.60. The summed E-state index contributed by atoms with van der Waals surface area (Å²) in [6.45, 7) is 7.27. The zero-order valence-electron chi connectivity index (χ0n) is 11.0. The first-order valence-corrected chi connectivity index (χ1v) is 6.75. The highest BCUT2D eigenvalue weighted by molar-refractivity contribution is 5.46. The van der Waals surface area contributed by atoms with E-state index >= 15 is 0 Å². The molecule has 0 aromatic heterocycles. The van der Waals surface area contributed by atoms with Gasteiger partial charge in [-0.2, -0.15) is 5.26 Å². The molecule has 1 saturated heterocycles. The summed E-state index contributed by atoms with van der Waals surface area (Å²) >= 11 is 0. The molecule has 1 aliphatic heterocycles. The predicted molar refractivity (Wildman–Crippen MR) is 74.5 cm³/mol. The Labute approximate surface area is 110 Å². The molecule has 0 radical (unpaired) electrons. The van der Waals surface area contributed by atoms with Crippen molar-refractivity contribution in [3.8, 4) is 6.07 Å². The van der Waals surface area contributed by atoms with Crippen LogP contribution in [-0.4, -0.2) is 37.6 Å². The van der Waals surface area contributed by atoms with Crippen molar-refractivity contribution >= 4 is 5.69 Å². The Bertz CT molecular complexity index is 388. The van der Waals surface area contributed by atoms with Crippen molar-refractivity contribution in [1.29, 1.82) is 5.26 Å². The molecule has 0 saturated carbocycles. The molecule has 0 bridgehead atoms. The highest BCUT2D eigenvalue weighted by atomic mass is 15.3. The summed E-state index contributed by atoms with van der Waals surface area (Å²) < 4.78 is 0. The molecule has 1 aromatic carbocycles. The van der Waals surface area contributed by atoms with Gasteiger partial charge in [0.05, 0.1) is 12.0 Å². The maximum Gasteiger partial charge on any atom is 0.0669 e. The fourth-order valence-electron chi connectivity index (χ4n) is 2.40. The third kappa shape index (κ3) is 3.24. The highest BCUT2D eigenvalue weighted by Crippen LogP contribution is 2.16. The molecule has 18 heavy (non-hydrogen) atoms. The third-order valence-electron chi connectivity index (χ3n) is 3.65. The largest absolute Gasteiger partial charge is 0.369 e. The Morgan fingerprint density at radius 3 is 2.39 bits per heavy atom. The molecule has 2 rings (SSSR count). The van der Waals surface area contributed by atoms with Crippen molar-refractivity contribution in [2.45, 2.75) is 13.3 Å². The van der Waals surface area contributed by atoms with Crippen molar-refractivity contribution in [1.82, 2.24) is 4.90 Å². The second-order valence-corrected chi connectivity index (χ2v) is 4.86. The van der Waals surface area contributed by atoms with Crippen LogP contribution in [-0.2, 0) is 0 Å². The molecule has 1 aromatic rings. The van der Waals surface area contributed by atoms with Gasteiger partial charge in [0, 0.05) is 38.4 Å². The molecule has 96 valence electrons. The highest BCUT2D eigenvalue weighted by Gasteiger charge is 2.19. The lowest BCUT2D eigenvalue weighted by Gasteiger charge is -2.36. The average molecular weight is 243 g/mol. The molecule has 1 atom stereocenters. The van der Waals surface area contributed by atoms with Gasteiger partial charge in [0.25, 0.3) is 0 Å². The van der Waals surface area contributed by atoms with Gasteiger partial charge in [-0.15, -0.1) is 0 Å². The summed E-state index contributed by atoms with van der Waals surface area (Å²) in [6, 6.07) is 12.9. The van der Waals surface area contributed by atoms with Gasteiger partial charge in [0.1, 0.15) is 0 Å². The average Bonchev–Trinajstić information content (AvgIpc) is 2.46. The van der Waals surface area contributed by atoms with Gasteiger partial charge < -0.3 is 4.90 Å². The van der Waals surface area contributed by atoms with Crippen LogP contribution in [0.2, 0.25) is 0 Å². The van der Waals surface area contributed by atoms with E-state index in [-0.39, 0.29) is 5.92 Å². The molecule has 0 spiro atoms. The fraction of sp³-hybridized carbons (Fsp3) is 0.533. The topological polar surface area (TPSA) is 30.3 Å². The van der Waals surface area contributed by atoms with Crippen LogP contribution in [0.4, 0.5) is 5.69 Å². The SMILES string of the molecule is CCC(C#N)CN1CCN(c2ccccc2)CC1. The van der Waals surface area contributed by atoms with Crippen molar-refractivity contribution in [2.75, 3.05) is 37.6 Å². The molecule has 0 amide bonds. The first-order chi connectivity index (χ1) is 8.83. The van der Waals surface area contributed by atoms with Gasteiger partial charge >= 0.3 is 0 Å². The van der Waals surface area contributed by atoms with Crippen molar-refractivity contribution in [3.05, 3.63) is 30.3 Å². The normalized spacial score (nSPS) is 18.3. The molecule has 3 nitrogen and oxygen atoms in total. The van der Waals surface area contributed by atoms with Gasteiger partial charge in [-0.3, -0.25) is 4.90 Å². The zero-order chi connectivity index (χ0) is 12.8. The van der Waals surface area contributed by atoms with E-state index in [0.29, 0.717) is 0 Å². The van der Waals surface area contributed by atoms with Crippen LogP contribution in [0.3, 0.4) is 0 Å². The van der Waals surface area contributed by atoms with Crippen LogP contribution >= 0.6 is 0 Å². The van der Waals surface area contributed by atoms with Crippen LogP contribution in [0.1, 0.15) is 13.3 Å². The van der Waals surface area contributed by atoms with E-state index in [0.717, 1.165) is 39.1 Å². The summed E-state index contributed by atoms with van der Waals surface area (Å²) in [4.78, 5) is 4.83. The molecule has 0 N–H and O–H groups in total. The molecular weight excluding hydrogens is 222 g/mol. The second kappa shape index (κ2) is 6.42.